The molecule has 1 aromatic carbocycles. The molecule has 0 saturated heterocycles. The number of benzene rings is 1. The highest BCUT2D eigenvalue weighted by Crippen LogP contribution is 2.29. The van der Waals surface area contributed by atoms with Gasteiger partial charge in [-0.25, -0.2) is 9.67 Å². The number of carbonyl (C=O) groups is 1. The summed E-state index contributed by atoms with van der Waals surface area (Å²) in [6.45, 7) is 4.99. The highest BCUT2D eigenvalue weighted by molar-refractivity contribution is 6.03. The fourth-order valence-electron chi connectivity index (χ4n) is 3.92. The Morgan fingerprint density at radius 3 is 2.81 bits per heavy atom. The summed E-state index contributed by atoms with van der Waals surface area (Å²) in [4.78, 5) is 17.5. The minimum absolute atomic E-state index is 0.108. The average Bonchev–Trinajstić information content (AvgIpc) is 2.97. The number of rotatable bonds is 4. The second kappa shape index (κ2) is 7.06. The van der Waals surface area contributed by atoms with Gasteiger partial charge in [-0.1, -0.05) is 37.8 Å². The maximum atomic E-state index is 12.7. The molecule has 5 nitrogen and oxygen atoms in total. The Labute approximate surface area is 153 Å². The fraction of sp³-hybridized carbons (Fsp3) is 0.476. The first-order valence-corrected chi connectivity index (χ1v) is 9.74. The quantitative estimate of drug-likeness (QED) is 0.734. The van der Waals surface area contributed by atoms with Crippen LogP contribution in [0.5, 0.6) is 0 Å². The molecule has 1 N–H and O–H groups in total. The number of pyridine rings is 1. The molecule has 1 aliphatic carbocycles. The number of hydrogen-bond acceptors (Lipinski definition) is 3. The standard InChI is InChI=1S/C21H26N4O/c1-3-11-25-20-17(13-16-12-14(2)9-10-18(16)22-20)19(24-25)23-21(26)15-7-5-4-6-8-15/h9-10,12-13,15H,3-8,11H2,1-2H3,(H,23,24,26). The first kappa shape index (κ1) is 17.0. The third kappa shape index (κ3) is 3.18. The van der Waals surface area contributed by atoms with Crippen LogP contribution in [-0.4, -0.2) is 20.7 Å². The Morgan fingerprint density at radius 2 is 2.04 bits per heavy atom. The largest absolute Gasteiger partial charge is 0.308 e. The Kier molecular flexibility index (Phi) is 4.62. The van der Waals surface area contributed by atoms with Crippen LogP contribution in [0, 0.1) is 12.8 Å². The molecule has 1 aliphatic rings. The first-order chi connectivity index (χ1) is 12.7. The summed E-state index contributed by atoms with van der Waals surface area (Å²) in [5.74, 6) is 0.878. The molecule has 0 aliphatic heterocycles. The molecule has 0 radical (unpaired) electrons. The van der Waals surface area contributed by atoms with Crippen LogP contribution < -0.4 is 5.32 Å². The van der Waals surface area contributed by atoms with E-state index < -0.39 is 0 Å². The Hall–Kier alpha value is -2.43. The number of aromatic nitrogens is 3. The number of amides is 1. The molecule has 136 valence electrons. The van der Waals surface area contributed by atoms with Crippen LogP contribution in [0.15, 0.2) is 24.3 Å². The zero-order valence-corrected chi connectivity index (χ0v) is 15.6. The topological polar surface area (TPSA) is 59.8 Å². The molecule has 1 saturated carbocycles. The zero-order chi connectivity index (χ0) is 18.1. The number of hydrogen-bond donors (Lipinski definition) is 1. The van der Waals surface area contributed by atoms with Crippen LogP contribution in [0.3, 0.4) is 0 Å². The molecule has 2 heterocycles. The maximum Gasteiger partial charge on any atom is 0.228 e. The van der Waals surface area contributed by atoms with E-state index in [4.69, 9.17) is 4.98 Å². The monoisotopic (exact) mass is 350 g/mol. The molecular formula is C21H26N4O. The van der Waals surface area contributed by atoms with Gasteiger partial charge in [0, 0.05) is 17.8 Å². The van der Waals surface area contributed by atoms with E-state index in [1.54, 1.807) is 0 Å². The lowest BCUT2D eigenvalue weighted by Crippen LogP contribution is -2.25. The Bertz CT molecular complexity index is 953. The molecule has 1 amide bonds. The molecule has 0 atom stereocenters. The van der Waals surface area contributed by atoms with Crippen LogP contribution in [-0.2, 0) is 11.3 Å². The molecule has 5 heteroatoms. The highest BCUT2D eigenvalue weighted by atomic mass is 16.2. The predicted molar refractivity (Wildman–Crippen MR) is 105 cm³/mol. The zero-order valence-electron chi connectivity index (χ0n) is 15.6. The molecule has 4 rings (SSSR count). The second-order valence-corrected chi connectivity index (χ2v) is 7.45. The van der Waals surface area contributed by atoms with Gasteiger partial charge in [-0.3, -0.25) is 4.79 Å². The van der Waals surface area contributed by atoms with E-state index in [0.717, 1.165) is 60.6 Å². The van der Waals surface area contributed by atoms with Crippen LogP contribution in [0.4, 0.5) is 5.82 Å². The van der Waals surface area contributed by atoms with Crippen molar-refractivity contribution in [2.24, 2.45) is 5.92 Å². The van der Waals surface area contributed by atoms with Crippen molar-refractivity contribution in [2.75, 3.05) is 5.32 Å². The van der Waals surface area contributed by atoms with E-state index in [1.807, 2.05) is 10.7 Å². The van der Waals surface area contributed by atoms with E-state index in [0.29, 0.717) is 5.82 Å². The van der Waals surface area contributed by atoms with Crippen molar-refractivity contribution in [1.82, 2.24) is 14.8 Å². The summed E-state index contributed by atoms with van der Waals surface area (Å²) in [5.41, 5.74) is 3.01. The summed E-state index contributed by atoms with van der Waals surface area (Å²) >= 11 is 0. The minimum atomic E-state index is 0.108. The molecule has 0 spiro atoms. The average molecular weight is 350 g/mol. The van der Waals surface area contributed by atoms with Crippen molar-refractivity contribution < 1.29 is 4.79 Å². The van der Waals surface area contributed by atoms with Crippen molar-refractivity contribution in [1.29, 1.82) is 0 Å². The highest BCUT2D eigenvalue weighted by Gasteiger charge is 2.23. The smallest absolute Gasteiger partial charge is 0.228 e. The number of nitrogens with one attached hydrogen (secondary N) is 1. The maximum absolute atomic E-state index is 12.7. The third-order valence-corrected chi connectivity index (χ3v) is 5.32. The van der Waals surface area contributed by atoms with Gasteiger partial charge in [-0.05, 0) is 44.4 Å². The lowest BCUT2D eigenvalue weighted by molar-refractivity contribution is -0.120. The van der Waals surface area contributed by atoms with Gasteiger partial charge in [0.15, 0.2) is 11.5 Å². The summed E-state index contributed by atoms with van der Waals surface area (Å²) in [5, 5.41) is 9.80. The van der Waals surface area contributed by atoms with Crippen molar-refractivity contribution in [2.45, 2.75) is 58.9 Å². The van der Waals surface area contributed by atoms with E-state index in [2.05, 4.69) is 42.5 Å². The van der Waals surface area contributed by atoms with E-state index in [1.165, 1.54) is 12.0 Å². The number of anilines is 1. The van der Waals surface area contributed by atoms with Gasteiger partial charge in [-0.15, -0.1) is 0 Å². The summed E-state index contributed by atoms with van der Waals surface area (Å²) < 4.78 is 1.92. The lowest BCUT2D eigenvalue weighted by atomic mass is 9.89. The fourth-order valence-corrected chi connectivity index (χ4v) is 3.92. The number of nitrogens with zero attached hydrogens (tertiary/aromatic N) is 3. The van der Waals surface area contributed by atoms with Gasteiger partial charge in [-0.2, -0.15) is 5.10 Å². The molecule has 26 heavy (non-hydrogen) atoms. The molecule has 3 aromatic rings. The SMILES string of the molecule is CCCn1nc(NC(=O)C2CCCCC2)c2cc3cc(C)ccc3nc21. The van der Waals surface area contributed by atoms with Crippen LogP contribution >= 0.6 is 0 Å². The number of carbonyl (C=O) groups excluding carboxylic acids is 1. The third-order valence-electron chi connectivity index (χ3n) is 5.32. The van der Waals surface area contributed by atoms with Crippen LogP contribution in [0.2, 0.25) is 0 Å². The first-order valence-electron chi connectivity index (χ1n) is 9.74. The van der Waals surface area contributed by atoms with Crippen LogP contribution in [0.1, 0.15) is 51.0 Å². The van der Waals surface area contributed by atoms with Crippen molar-refractivity contribution in [3.63, 3.8) is 0 Å². The molecule has 0 unspecified atom stereocenters. The summed E-state index contributed by atoms with van der Waals surface area (Å²) in [6.07, 6.45) is 6.48. The molecule has 1 fully saturated rings. The van der Waals surface area contributed by atoms with Gasteiger partial charge in [0.25, 0.3) is 0 Å². The van der Waals surface area contributed by atoms with Crippen molar-refractivity contribution in [3.8, 4) is 0 Å². The Balaban J connectivity index is 1.76. The van der Waals surface area contributed by atoms with Gasteiger partial charge in [0.1, 0.15) is 0 Å². The van der Waals surface area contributed by atoms with Gasteiger partial charge < -0.3 is 5.32 Å². The normalized spacial score (nSPS) is 15.6. The van der Waals surface area contributed by atoms with Crippen molar-refractivity contribution >= 4 is 33.7 Å². The molecule has 0 bridgehead atoms. The number of fused-ring (bicyclic) bond motifs is 2. The van der Waals surface area contributed by atoms with Gasteiger partial charge in [0.2, 0.25) is 5.91 Å². The predicted octanol–water partition coefficient (Wildman–Crippen LogP) is 4.82. The minimum Gasteiger partial charge on any atom is -0.308 e. The molecule has 2 aromatic heterocycles. The van der Waals surface area contributed by atoms with E-state index in [9.17, 15) is 4.79 Å². The van der Waals surface area contributed by atoms with Crippen molar-refractivity contribution in [3.05, 3.63) is 29.8 Å². The number of aryl methyl sites for hydroxylation is 2. The van der Waals surface area contributed by atoms with Gasteiger partial charge in [0.05, 0.1) is 10.9 Å². The second-order valence-electron chi connectivity index (χ2n) is 7.45. The van der Waals surface area contributed by atoms with E-state index in [-0.39, 0.29) is 11.8 Å². The molecular weight excluding hydrogens is 324 g/mol. The Morgan fingerprint density at radius 1 is 1.23 bits per heavy atom. The van der Waals surface area contributed by atoms with E-state index >= 15 is 0 Å². The summed E-state index contributed by atoms with van der Waals surface area (Å²) in [7, 11) is 0. The summed E-state index contributed by atoms with van der Waals surface area (Å²) in [6, 6.07) is 8.37. The van der Waals surface area contributed by atoms with Gasteiger partial charge >= 0.3 is 0 Å². The lowest BCUT2D eigenvalue weighted by Gasteiger charge is -2.20. The van der Waals surface area contributed by atoms with Crippen LogP contribution in [0.25, 0.3) is 21.9 Å².